The molecule has 2 aromatic heterocycles. The number of nitrogens with zero attached hydrogens (tertiary/aromatic N) is 1. The minimum Gasteiger partial charge on any atom is -0.447 e. The Morgan fingerprint density at radius 3 is 2.89 bits per heavy atom. The highest BCUT2D eigenvalue weighted by Gasteiger charge is 2.18. The summed E-state index contributed by atoms with van der Waals surface area (Å²) in [5, 5.41) is 9.14. The van der Waals surface area contributed by atoms with Crippen LogP contribution < -0.4 is 10.0 Å². The van der Waals surface area contributed by atoms with Gasteiger partial charge < -0.3 is 9.73 Å². The van der Waals surface area contributed by atoms with E-state index in [4.69, 9.17) is 4.42 Å². The van der Waals surface area contributed by atoms with E-state index in [1.807, 2.05) is 0 Å². The van der Waals surface area contributed by atoms with Crippen LogP contribution in [0.15, 0.2) is 34.0 Å². The van der Waals surface area contributed by atoms with E-state index in [0.717, 1.165) is 5.56 Å². The smallest absolute Gasteiger partial charge is 0.274 e. The molecule has 2 heterocycles. The summed E-state index contributed by atoms with van der Waals surface area (Å²) in [6.45, 7) is 0.651. The summed E-state index contributed by atoms with van der Waals surface area (Å²) >= 11 is 0. The van der Waals surface area contributed by atoms with Gasteiger partial charge in [-0.05, 0) is 19.2 Å². The monoisotopic (exact) mass is 270 g/mol. The van der Waals surface area contributed by atoms with Gasteiger partial charge in [0.15, 0.2) is 0 Å². The Bertz CT molecular complexity index is 588. The molecule has 0 bridgehead atoms. The van der Waals surface area contributed by atoms with Gasteiger partial charge in [0.2, 0.25) is 5.09 Å². The summed E-state index contributed by atoms with van der Waals surface area (Å²) < 4.78 is 31.4. The molecule has 2 aromatic rings. The minimum atomic E-state index is -3.62. The van der Waals surface area contributed by atoms with Crippen molar-refractivity contribution in [1.82, 2.24) is 20.2 Å². The van der Waals surface area contributed by atoms with Gasteiger partial charge >= 0.3 is 0 Å². The Hall–Kier alpha value is -1.64. The van der Waals surface area contributed by atoms with Crippen molar-refractivity contribution in [2.24, 2.45) is 0 Å². The van der Waals surface area contributed by atoms with Crippen LogP contribution in [0.5, 0.6) is 0 Å². The molecule has 98 valence electrons. The fourth-order valence-corrected chi connectivity index (χ4v) is 2.36. The van der Waals surface area contributed by atoms with E-state index in [-0.39, 0.29) is 11.6 Å². The summed E-state index contributed by atoms with van der Waals surface area (Å²) in [6.07, 6.45) is 3.17. The van der Waals surface area contributed by atoms with Crippen molar-refractivity contribution >= 4 is 10.0 Å². The molecule has 0 radical (unpaired) electrons. The number of hydrogen-bond acceptors (Lipinski definition) is 5. The van der Waals surface area contributed by atoms with Crippen molar-refractivity contribution in [2.75, 3.05) is 7.05 Å². The lowest BCUT2D eigenvalue weighted by atomic mass is 10.4. The Kier molecular flexibility index (Phi) is 3.80. The molecule has 0 aromatic carbocycles. The van der Waals surface area contributed by atoms with E-state index in [2.05, 4.69) is 20.2 Å². The third-order valence-electron chi connectivity index (χ3n) is 2.27. The number of rotatable bonds is 6. The van der Waals surface area contributed by atoms with Gasteiger partial charge in [-0.15, -0.1) is 0 Å². The second-order valence-corrected chi connectivity index (χ2v) is 5.38. The summed E-state index contributed by atoms with van der Waals surface area (Å²) in [5.74, 6) is 0.571. The molecule has 0 aliphatic heterocycles. The SMILES string of the molecule is CNCc1ccc(S(=O)(=O)NCc2cn[nH]c2)o1. The molecule has 0 amide bonds. The topological polar surface area (TPSA) is 100 Å². The number of nitrogens with one attached hydrogen (secondary N) is 3. The minimum absolute atomic E-state index is 0.0868. The first-order chi connectivity index (χ1) is 8.62. The first-order valence-corrected chi connectivity index (χ1v) is 6.81. The standard InChI is InChI=1S/C10H14N4O3S/c1-11-7-9-2-3-10(17-9)18(15,16)14-6-8-4-12-13-5-8/h2-5,11,14H,6-7H2,1H3,(H,12,13). The summed E-state index contributed by atoms with van der Waals surface area (Å²) in [7, 11) is -1.86. The van der Waals surface area contributed by atoms with Crippen molar-refractivity contribution < 1.29 is 12.8 Å². The van der Waals surface area contributed by atoms with Gasteiger partial charge in [0.25, 0.3) is 10.0 Å². The maximum atomic E-state index is 11.9. The van der Waals surface area contributed by atoms with E-state index in [1.165, 1.54) is 6.07 Å². The zero-order valence-corrected chi connectivity index (χ0v) is 10.6. The van der Waals surface area contributed by atoms with Crippen molar-refractivity contribution in [3.63, 3.8) is 0 Å². The quantitative estimate of drug-likeness (QED) is 0.696. The highest BCUT2D eigenvalue weighted by atomic mass is 32.2. The van der Waals surface area contributed by atoms with Crippen molar-refractivity contribution in [2.45, 2.75) is 18.2 Å². The molecule has 18 heavy (non-hydrogen) atoms. The molecule has 0 saturated heterocycles. The average Bonchev–Trinajstić information content (AvgIpc) is 2.98. The second-order valence-electron chi connectivity index (χ2n) is 3.68. The zero-order chi connectivity index (χ0) is 13.0. The number of furan rings is 1. The highest BCUT2D eigenvalue weighted by Crippen LogP contribution is 2.13. The van der Waals surface area contributed by atoms with Gasteiger partial charge in [0, 0.05) is 18.3 Å². The van der Waals surface area contributed by atoms with Gasteiger partial charge in [0.1, 0.15) is 5.76 Å². The normalized spacial score (nSPS) is 11.8. The number of sulfonamides is 1. The molecule has 0 saturated carbocycles. The zero-order valence-electron chi connectivity index (χ0n) is 9.80. The molecule has 0 unspecified atom stereocenters. The summed E-state index contributed by atoms with van der Waals surface area (Å²) in [5.41, 5.74) is 0.751. The van der Waals surface area contributed by atoms with Crippen LogP contribution in [0.25, 0.3) is 0 Å². The van der Waals surface area contributed by atoms with Crippen LogP contribution in [-0.2, 0) is 23.1 Å². The number of H-pyrrole nitrogens is 1. The molecule has 0 atom stereocenters. The summed E-state index contributed by atoms with van der Waals surface area (Å²) in [4.78, 5) is 0. The van der Waals surface area contributed by atoms with E-state index < -0.39 is 10.0 Å². The maximum absolute atomic E-state index is 11.9. The van der Waals surface area contributed by atoms with E-state index >= 15 is 0 Å². The molecule has 7 nitrogen and oxygen atoms in total. The fourth-order valence-electron chi connectivity index (χ4n) is 1.40. The molecule has 3 N–H and O–H groups in total. The molecule has 2 rings (SSSR count). The second kappa shape index (κ2) is 5.34. The van der Waals surface area contributed by atoms with Crippen molar-refractivity contribution in [3.05, 3.63) is 35.9 Å². The predicted octanol–water partition coefficient (Wildman–Crippen LogP) is 0.201. The van der Waals surface area contributed by atoms with Crippen LogP contribution in [0.2, 0.25) is 0 Å². The third-order valence-corrected chi connectivity index (χ3v) is 3.55. The van der Waals surface area contributed by atoms with Gasteiger partial charge in [-0.2, -0.15) is 5.10 Å². The number of aromatic amines is 1. The molecular weight excluding hydrogens is 256 g/mol. The lowest BCUT2D eigenvalue weighted by Gasteiger charge is -2.02. The van der Waals surface area contributed by atoms with Crippen LogP contribution in [-0.4, -0.2) is 25.7 Å². The van der Waals surface area contributed by atoms with Gasteiger partial charge in [-0.1, -0.05) is 0 Å². The van der Waals surface area contributed by atoms with E-state index in [0.29, 0.717) is 12.3 Å². The molecule has 0 aliphatic rings. The van der Waals surface area contributed by atoms with Gasteiger partial charge in [-0.25, -0.2) is 13.1 Å². The van der Waals surface area contributed by atoms with E-state index in [1.54, 1.807) is 25.5 Å². The Balaban J connectivity index is 2.05. The maximum Gasteiger partial charge on any atom is 0.274 e. The van der Waals surface area contributed by atoms with Crippen LogP contribution in [0, 0.1) is 0 Å². The average molecular weight is 270 g/mol. The van der Waals surface area contributed by atoms with Crippen molar-refractivity contribution in [1.29, 1.82) is 0 Å². The first kappa shape index (κ1) is 12.8. The fraction of sp³-hybridized carbons (Fsp3) is 0.300. The number of aromatic nitrogens is 2. The lowest BCUT2D eigenvalue weighted by molar-refractivity contribution is 0.404. The first-order valence-electron chi connectivity index (χ1n) is 5.32. The molecule has 0 aliphatic carbocycles. The largest absolute Gasteiger partial charge is 0.447 e. The van der Waals surface area contributed by atoms with E-state index in [9.17, 15) is 8.42 Å². The molecule has 8 heteroatoms. The van der Waals surface area contributed by atoms with Crippen LogP contribution in [0.4, 0.5) is 0 Å². The molecular formula is C10H14N4O3S. The van der Waals surface area contributed by atoms with Crippen LogP contribution in [0.1, 0.15) is 11.3 Å². The van der Waals surface area contributed by atoms with Gasteiger partial charge in [0.05, 0.1) is 12.7 Å². The highest BCUT2D eigenvalue weighted by molar-refractivity contribution is 7.89. The summed E-state index contributed by atoms with van der Waals surface area (Å²) in [6, 6.07) is 3.06. The lowest BCUT2D eigenvalue weighted by Crippen LogP contribution is -2.22. The third kappa shape index (κ3) is 2.97. The van der Waals surface area contributed by atoms with Crippen LogP contribution in [0.3, 0.4) is 0 Å². The molecule has 0 fully saturated rings. The predicted molar refractivity (Wildman–Crippen MR) is 64.1 cm³/mol. The van der Waals surface area contributed by atoms with Gasteiger partial charge in [-0.3, -0.25) is 5.10 Å². The van der Waals surface area contributed by atoms with Crippen LogP contribution >= 0.6 is 0 Å². The Morgan fingerprint density at radius 2 is 2.22 bits per heavy atom. The number of hydrogen-bond donors (Lipinski definition) is 3. The van der Waals surface area contributed by atoms with Crippen molar-refractivity contribution in [3.8, 4) is 0 Å². The Morgan fingerprint density at radius 1 is 1.39 bits per heavy atom. The molecule has 0 spiro atoms. The Labute approximate surface area is 105 Å².